The summed E-state index contributed by atoms with van der Waals surface area (Å²) < 4.78 is 0. The highest BCUT2D eigenvalue weighted by atomic mass is 16.4. The van der Waals surface area contributed by atoms with Crippen LogP contribution in [0, 0.1) is 0 Å². The van der Waals surface area contributed by atoms with Gasteiger partial charge in [0.15, 0.2) is 0 Å². The normalized spacial score (nSPS) is 35.0. The fourth-order valence-corrected chi connectivity index (χ4v) is 0.974. The molecule has 5 heteroatoms. The quantitative estimate of drug-likeness (QED) is 0.302. The van der Waals surface area contributed by atoms with Crippen LogP contribution < -0.4 is 5.32 Å². The maximum absolute atomic E-state index is 8.86. The van der Waals surface area contributed by atoms with Gasteiger partial charge in [-0.3, -0.25) is 0 Å². The van der Waals surface area contributed by atoms with E-state index >= 15 is 0 Å². The van der Waals surface area contributed by atoms with Crippen molar-refractivity contribution in [2.24, 2.45) is 0 Å². The topological polar surface area (TPSA) is 72.7 Å². The second-order valence-electron chi connectivity index (χ2n) is 2.32. The van der Waals surface area contributed by atoms with Crippen LogP contribution in [-0.4, -0.2) is 40.9 Å². The van der Waals surface area contributed by atoms with Crippen molar-refractivity contribution in [1.82, 2.24) is 5.32 Å². The molecule has 4 nitrogen and oxygen atoms in total. The Labute approximate surface area is 53.7 Å². The SMILES string of the molecule is OB(O)[C@@H]1C[C@@H](O)CN1. The van der Waals surface area contributed by atoms with Crippen molar-refractivity contribution < 1.29 is 15.2 Å². The van der Waals surface area contributed by atoms with E-state index in [0.717, 1.165) is 0 Å². The summed E-state index contributed by atoms with van der Waals surface area (Å²) in [7, 11) is -1.35. The van der Waals surface area contributed by atoms with Crippen LogP contribution >= 0.6 is 0 Å². The van der Waals surface area contributed by atoms with Gasteiger partial charge in [-0.15, -0.1) is 0 Å². The summed E-state index contributed by atoms with van der Waals surface area (Å²) in [5.74, 6) is -0.347. The highest BCUT2D eigenvalue weighted by molar-refractivity contribution is 6.43. The largest absolute Gasteiger partial charge is 0.469 e. The highest BCUT2D eigenvalue weighted by Crippen LogP contribution is 2.05. The minimum atomic E-state index is -1.35. The van der Waals surface area contributed by atoms with Crippen LogP contribution in [0.3, 0.4) is 0 Å². The van der Waals surface area contributed by atoms with Crippen LogP contribution in [0.1, 0.15) is 6.42 Å². The van der Waals surface area contributed by atoms with E-state index in [1.54, 1.807) is 0 Å². The van der Waals surface area contributed by atoms with E-state index in [-0.39, 0.29) is 5.94 Å². The van der Waals surface area contributed by atoms with Crippen molar-refractivity contribution in [3.63, 3.8) is 0 Å². The number of aliphatic hydroxyl groups is 1. The van der Waals surface area contributed by atoms with Gasteiger partial charge in [0.05, 0.1) is 6.10 Å². The fourth-order valence-electron chi connectivity index (χ4n) is 0.974. The molecule has 1 aliphatic heterocycles. The lowest BCUT2D eigenvalue weighted by molar-refractivity contribution is 0.194. The molecule has 0 saturated carbocycles. The molecule has 1 heterocycles. The van der Waals surface area contributed by atoms with Gasteiger partial charge >= 0.3 is 7.12 Å². The number of aliphatic hydroxyl groups excluding tert-OH is 1. The first kappa shape index (κ1) is 7.02. The third kappa shape index (κ3) is 1.66. The molecule has 9 heavy (non-hydrogen) atoms. The standard InChI is InChI=1S/C4H10BNO3/c7-3-1-4(5(8)9)6-2-3/h3-4,6-9H,1-2H2/t3-,4+/m1/s1. The fraction of sp³-hybridized carbons (Fsp3) is 1.00. The number of rotatable bonds is 1. The lowest BCUT2D eigenvalue weighted by Crippen LogP contribution is -2.38. The number of hydrogen-bond donors (Lipinski definition) is 4. The summed E-state index contributed by atoms with van der Waals surface area (Å²) in [5, 5.41) is 28.7. The van der Waals surface area contributed by atoms with Crippen molar-refractivity contribution in [2.45, 2.75) is 18.5 Å². The van der Waals surface area contributed by atoms with Crippen LogP contribution in [0.2, 0.25) is 0 Å². The molecule has 0 spiro atoms. The molecule has 1 rings (SSSR count). The summed E-state index contributed by atoms with van der Waals surface area (Å²) in [6.45, 7) is 0.461. The summed E-state index contributed by atoms with van der Waals surface area (Å²) in [6, 6.07) is 0. The molecule has 1 aliphatic rings. The minimum absolute atomic E-state index is 0.347. The molecule has 0 aromatic rings. The molecule has 4 N–H and O–H groups in total. The number of nitrogens with one attached hydrogen (secondary N) is 1. The lowest BCUT2D eigenvalue weighted by Gasteiger charge is -2.05. The Morgan fingerprint density at radius 2 is 2.11 bits per heavy atom. The van der Waals surface area contributed by atoms with Crippen molar-refractivity contribution in [3.05, 3.63) is 0 Å². The molecule has 0 radical (unpaired) electrons. The molecule has 0 unspecified atom stereocenters. The van der Waals surface area contributed by atoms with Crippen LogP contribution in [-0.2, 0) is 0 Å². The average molecular weight is 131 g/mol. The molecule has 0 aliphatic carbocycles. The van der Waals surface area contributed by atoms with E-state index in [1.165, 1.54) is 0 Å². The Balaban J connectivity index is 2.30. The monoisotopic (exact) mass is 131 g/mol. The van der Waals surface area contributed by atoms with Gasteiger partial charge in [-0.1, -0.05) is 0 Å². The lowest BCUT2D eigenvalue weighted by atomic mass is 9.78. The zero-order valence-corrected chi connectivity index (χ0v) is 4.99. The maximum Gasteiger partial charge on any atom is 0.469 e. The van der Waals surface area contributed by atoms with Gasteiger partial charge in [0, 0.05) is 12.5 Å². The molecule has 0 aromatic heterocycles. The summed E-state index contributed by atoms with van der Waals surface area (Å²) in [6.07, 6.45) is 0.00861. The third-order valence-corrected chi connectivity index (χ3v) is 1.50. The van der Waals surface area contributed by atoms with Gasteiger partial charge < -0.3 is 20.5 Å². The first-order valence-electron chi connectivity index (χ1n) is 2.97. The Morgan fingerprint density at radius 3 is 2.33 bits per heavy atom. The summed E-state index contributed by atoms with van der Waals surface area (Å²) >= 11 is 0. The zero-order chi connectivity index (χ0) is 6.85. The Morgan fingerprint density at radius 1 is 1.44 bits per heavy atom. The van der Waals surface area contributed by atoms with E-state index in [1.807, 2.05) is 0 Å². The Kier molecular flexibility index (Phi) is 2.07. The van der Waals surface area contributed by atoms with Crippen molar-refractivity contribution in [2.75, 3.05) is 6.54 Å². The van der Waals surface area contributed by atoms with Gasteiger partial charge in [-0.05, 0) is 6.42 Å². The zero-order valence-electron chi connectivity index (χ0n) is 4.99. The Hall–Kier alpha value is -0.0951. The Bertz CT molecular complexity index is 99.8. The minimum Gasteiger partial charge on any atom is -0.426 e. The van der Waals surface area contributed by atoms with E-state index < -0.39 is 13.2 Å². The van der Waals surface area contributed by atoms with Gasteiger partial charge in [-0.2, -0.15) is 0 Å². The first-order valence-corrected chi connectivity index (χ1v) is 2.97. The van der Waals surface area contributed by atoms with Gasteiger partial charge in [0.1, 0.15) is 0 Å². The highest BCUT2D eigenvalue weighted by Gasteiger charge is 2.30. The molecule has 0 amide bonds. The molecule has 0 aromatic carbocycles. The van der Waals surface area contributed by atoms with Crippen LogP contribution in [0.4, 0.5) is 0 Å². The second-order valence-corrected chi connectivity index (χ2v) is 2.32. The average Bonchev–Trinajstić information content (AvgIpc) is 2.14. The molecule has 1 saturated heterocycles. The van der Waals surface area contributed by atoms with Crippen molar-refractivity contribution >= 4 is 7.12 Å². The van der Waals surface area contributed by atoms with Gasteiger partial charge in [0.25, 0.3) is 0 Å². The third-order valence-electron chi connectivity index (χ3n) is 1.50. The van der Waals surface area contributed by atoms with E-state index in [4.69, 9.17) is 15.2 Å². The summed E-state index contributed by atoms with van der Waals surface area (Å²) in [4.78, 5) is 0. The summed E-state index contributed by atoms with van der Waals surface area (Å²) in [5.41, 5.74) is 0. The number of hydrogen-bond acceptors (Lipinski definition) is 4. The van der Waals surface area contributed by atoms with E-state index in [0.29, 0.717) is 13.0 Å². The maximum atomic E-state index is 8.86. The van der Waals surface area contributed by atoms with Crippen molar-refractivity contribution in [3.8, 4) is 0 Å². The van der Waals surface area contributed by atoms with Gasteiger partial charge in [-0.25, -0.2) is 0 Å². The first-order chi connectivity index (χ1) is 4.20. The van der Waals surface area contributed by atoms with Gasteiger partial charge in [0.2, 0.25) is 0 Å². The second kappa shape index (κ2) is 2.66. The number of β-amino-alcohol motifs (C(OH)–C–C–N with tert-alkyl or cyclic N) is 1. The molecule has 0 bridgehead atoms. The molecule has 52 valence electrons. The molecular formula is C4H10BNO3. The van der Waals surface area contributed by atoms with Crippen LogP contribution in [0.5, 0.6) is 0 Å². The predicted molar refractivity (Wildman–Crippen MR) is 32.6 cm³/mol. The molecule has 2 atom stereocenters. The van der Waals surface area contributed by atoms with E-state index in [2.05, 4.69) is 5.32 Å². The van der Waals surface area contributed by atoms with Crippen LogP contribution in [0.25, 0.3) is 0 Å². The predicted octanol–water partition coefficient (Wildman–Crippen LogP) is -2.28. The molecular weight excluding hydrogens is 121 g/mol. The molecule has 1 fully saturated rings. The smallest absolute Gasteiger partial charge is 0.426 e. The van der Waals surface area contributed by atoms with E-state index in [9.17, 15) is 0 Å². The van der Waals surface area contributed by atoms with Crippen molar-refractivity contribution in [1.29, 1.82) is 0 Å². The van der Waals surface area contributed by atoms with Crippen LogP contribution in [0.15, 0.2) is 0 Å².